The topological polar surface area (TPSA) is 78.2 Å². The van der Waals surface area contributed by atoms with Gasteiger partial charge in [-0.25, -0.2) is 9.18 Å². The monoisotopic (exact) mass is 421 g/mol. The van der Waals surface area contributed by atoms with Gasteiger partial charge in [-0.2, -0.15) is 0 Å². The summed E-state index contributed by atoms with van der Waals surface area (Å²) in [6, 6.07) is 1.89. The SMILES string of the molecule is Cn1c(=O)c2c(cc(N3CCCC(N)C3)n2CC2=C(Cl)CCC(F)=C2)n(C)c1=O. The second-order valence-electron chi connectivity index (χ2n) is 7.90. The summed E-state index contributed by atoms with van der Waals surface area (Å²) in [4.78, 5) is 27.6. The van der Waals surface area contributed by atoms with Crippen molar-refractivity contribution in [3.05, 3.63) is 49.4 Å². The summed E-state index contributed by atoms with van der Waals surface area (Å²) in [5.41, 5.74) is 7.00. The van der Waals surface area contributed by atoms with Crippen molar-refractivity contribution in [2.75, 3.05) is 18.0 Å². The van der Waals surface area contributed by atoms with Gasteiger partial charge in [0.25, 0.3) is 5.56 Å². The van der Waals surface area contributed by atoms with Gasteiger partial charge in [0, 0.05) is 50.7 Å². The minimum absolute atomic E-state index is 0.0386. The van der Waals surface area contributed by atoms with Crippen LogP contribution in [0.25, 0.3) is 11.0 Å². The van der Waals surface area contributed by atoms with Crippen LogP contribution in [0.15, 0.2) is 38.2 Å². The Labute approximate surface area is 172 Å². The molecular weight excluding hydrogens is 397 g/mol. The van der Waals surface area contributed by atoms with Crippen LogP contribution >= 0.6 is 11.6 Å². The van der Waals surface area contributed by atoms with Crippen LogP contribution in [0, 0.1) is 0 Å². The standard InChI is InChI=1S/C20H25ClFN5O2/c1-24-16-9-17(26-7-3-4-14(23)11-26)27(18(16)19(28)25(2)20(24)29)10-12-8-13(22)5-6-15(12)21/h8-9,14H,3-7,10-11,23H2,1-2H3. The molecule has 1 atom stereocenters. The maximum atomic E-state index is 13.9. The number of anilines is 1. The first-order valence-electron chi connectivity index (χ1n) is 9.81. The smallest absolute Gasteiger partial charge is 0.331 e. The van der Waals surface area contributed by atoms with E-state index in [9.17, 15) is 14.0 Å². The van der Waals surface area contributed by atoms with Crippen molar-refractivity contribution in [3.8, 4) is 0 Å². The lowest BCUT2D eigenvalue weighted by atomic mass is 10.1. The van der Waals surface area contributed by atoms with Gasteiger partial charge in [0.15, 0.2) is 0 Å². The summed E-state index contributed by atoms with van der Waals surface area (Å²) < 4.78 is 18.3. The van der Waals surface area contributed by atoms with E-state index in [1.165, 1.54) is 17.7 Å². The van der Waals surface area contributed by atoms with E-state index in [1.807, 2.05) is 10.6 Å². The number of rotatable bonds is 3. The normalized spacial score (nSPS) is 20.5. The highest BCUT2D eigenvalue weighted by atomic mass is 35.5. The van der Waals surface area contributed by atoms with E-state index in [4.69, 9.17) is 17.3 Å². The molecule has 1 saturated heterocycles. The predicted octanol–water partition coefficient (Wildman–Crippen LogP) is 2.11. The van der Waals surface area contributed by atoms with Gasteiger partial charge >= 0.3 is 5.69 Å². The summed E-state index contributed by atoms with van der Waals surface area (Å²) in [5.74, 6) is 0.576. The zero-order valence-corrected chi connectivity index (χ0v) is 17.4. The molecule has 1 aliphatic carbocycles. The maximum Gasteiger partial charge on any atom is 0.331 e. The first kappa shape index (κ1) is 20.0. The Morgan fingerprint density at radius 3 is 2.72 bits per heavy atom. The van der Waals surface area contributed by atoms with Crippen LogP contribution in [-0.4, -0.2) is 32.8 Å². The van der Waals surface area contributed by atoms with Crippen LogP contribution in [0.4, 0.5) is 10.2 Å². The minimum atomic E-state index is -0.387. The molecule has 0 spiro atoms. The molecule has 0 amide bonds. The van der Waals surface area contributed by atoms with Crippen LogP contribution in [0.2, 0.25) is 0 Å². The van der Waals surface area contributed by atoms with Gasteiger partial charge in [-0.1, -0.05) is 11.6 Å². The number of allylic oxidation sites excluding steroid dienone is 4. The Bertz CT molecular complexity index is 1160. The maximum absolute atomic E-state index is 13.9. The molecule has 9 heteroatoms. The van der Waals surface area contributed by atoms with Crippen molar-refractivity contribution in [2.45, 2.75) is 38.3 Å². The Kier molecular flexibility index (Phi) is 5.16. The van der Waals surface area contributed by atoms with Crippen LogP contribution in [-0.2, 0) is 20.6 Å². The van der Waals surface area contributed by atoms with Crippen molar-refractivity contribution >= 4 is 28.5 Å². The van der Waals surface area contributed by atoms with Gasteiger partial charge < -0.3 is 15.2 Å². The first-order chi connectivity index (χ1) is 13.8. The number of aromatic nitrogens is 3. The lowest BCUT2D eigenvalue weighted by Gasteiger charge is -2.33. The summed E-state index contributed by atoms with van der Waals surface area (Å²) in [5, 5.41) is 0.594. The lowest BCUT2D eigenvalue weighted by Crippen LogP contribution is -2.43. The molecule has 1 fully saturated rings. The quantitative estimate of drug-likeness (QED) is 0.823. The van der Waals surface area contributed by atoms with Crippen LogP contribution in [0.5, 0.6) is 0 Å². The number of fused-ring (bicyclic) bond motifs is 1. The van der Waals surface area contributed by atoms with Crippen molar-refractivity contribution in [1.29, 1.82) is 0 Å². The first-order valence-corrected chi connectivity index (χ1v) is 10.2. The molecule has 156 valence electrons. The molecule has 2 aromatic rings. The number of halogens is 2. The molecule has 2 N–H and O–H groups in total. The molecule has 4 rings (SSSR count). The Morgan fingerprint density at radius 1 is 1.24 bits per heavy atom. The zero-order valence-electron chi connectivity index (χ0n) is 16.6. The molecule has 0 saturated carbocycles. The third kappa shape index (κ3) is 3.44. The van der Waals surface area contributed by atoms with E-state index in [0.717, 1.165) is 29.8 Å². The van der Waals surface area contributed by atoms with E-state index in [-0.39, 0.29) is 29.7 Å². The van der Waals surface area contributed by atoms with Gasteiger partial charge in [0.2, 0.25) is 0 Å². The van der Waals surface area contributed by atoms with Gasteiger partial charge in [0.1, 0.15) is 17.2 Å². The molecule has 0 aromatic carbocycles. The average Bonchev–Trinajstić information content (AvgIpc) is 3.07. The summed E-state index contributed by atoms with van der Waals surface area (Å²) in [7, 11) is 3.11. The summed E-state index contributed by atoms with van der Waals surface area (Å²) >= 11 is 6.39. The second-order valence-corrected chi connectivity index (χ2v) is 8.35. The fraction of sp³-hybridized carbons (Fsp3) is 0.500. The molecule has 1 aliphatic heterocycles. The largest absolute Gasteiger partial charge is 0.356 e. The van der Waals surface area contributed by atoms with Crippen molar-refractivity contribution < 1.29 is 4.39 Å². The van der Waals surface area contributed by atoms with E-state index >= 15 is 0 Å². The van der Waals surface area contributed by atoms with E-state index in [0.29, 0.717) is 41.0 Å². The summed E-state index contributed by atoms with van der Waals surface area (Å²) in [6.45, 7) is 1.71. The van der Waals surface area contributed by atoms with E-state index in [2.05, 4.69) is 4.90 Å². The Balaban J connectivity index is 1.96. The number of nitrogens with two attached hydrogens (primary N) is 1. The van der Waals surface area contributed by atoms with Gasteiger partial charge in [0.05, 0.1) is 12.1 Å². The number of nitrogens with zero attached hydrogens (tertiary/aromatic N) is 4. The molecule has 29 heavy (non-hydrogen) atoms. The number of aryl methyl sites for hydroxylation is 1. The highest BCUT2D eigenvalue weighted by Crippen LogP contribution is 2.32. The van der Waals surface area contributed by atoms with Gasteiger partial charge in [-0.3, -0.25) is 13.9 Å². The van der Waals surface area contributed by atoms with Crippen LogP contribution in [0.1, 0.15) is 25.7 Å². The van der Waals surface area contributed by atoms with Gasteiger partial charge in [-0.15, -0.1) is 0 Å². The molecular formula is C20H25ClFN5O2. The molecule has 0 radical (unpaired) electrons. The lowest BCUT2D eigenvalue weighted by molar-refractivity contribution is 0.498. The summed E-state index contributed by atoms with van der Waals surface area (Å²) in [6.07, 6.45) is 4.08. The highest BCUT2D eigenvalue weighted by molar-refractivity contribution is 6.30. The number of piperidine rings is 1. The molecule has 1 unspecified atom stereocenters. The van der Waals surface area contributed by atoms with Crippen molar-refractivity contribution in [3.63, 3.8) is 0 Å². The Hall–Kier alpha value is -2.32. The van der Waals surface area contributed by atoms with Gasteiger partial charge in [-0.05, 0) is 30.9 Å². The number of hydrogen-bond acceptors (Lipinski definition) is 4. The predicted molar refractivity (Wildman–Crippen MR) is 113 cm³/mol. The fourth-order valence-corrected chi connectivity index (χ4v) is 4.46. The highest BCUT2D eigenvalue weighted by Gasteiger charge is 2.25. The second kappa shape index (κ2) is 7.50. The minimum Gasteiger partial charge on any atom is -0.356 e. The molecule has 2 aliphatic rings. The van der Waals surface area contributed by atoms with E-state index in [1.54, 1.807) is 7.05 Å². The zero-order chi connectivity index (χ0) is 20.9. The third-order valence-electron chi connectivity index (χ3n) is 5.87. The van der Waals surface area contributed by atoms with Crippen LogP contribution in [0.3, 0.4) is 0 Å². The third-order valence-corrected chi connectivity index (χ3v) is 6.30. The Morgan fingerprint density at radius 2 is 2.00 bits per heavy atom. The molecule has 0 bridgehead atoms. The number of hydrogen-bond donors (Lipinski definition) is 1. The van der Waals surface area contributed by atoms with Crippen molar-refractivity contribution in [1.82, 2.24) is 13.7 Å². The van der Waals surface area contributed by atoms with Crippen molar-refractivity contribution in [2.24, 2.45) is 19.8 Å². The molecule has 7 nitrogen and oxygen atoms in total. The fourth-order valence-electron chi connectivity index (χ4n) is 4.25. The van der Waals surface area contributed by atoms with E-state index < -0.39 is 0 Å². The molecule has 3 heterocycles. The molecule has 2 aromatic heterocycles. The average molecular weight is 422 g/mol. The van der Waals surface area contributed by atoms with Crippen LogP contribution < -0.4 is 21.9 Å².